The molecule has 0 bridgehead atoms. The van der Waals surface area contributed by atoms with Crippen molar-refractivity contribution in [1.82, 2.24) is 15.6 Å². The van der Waals surface area contributed by atoms with Crippen molar-refractivity contribution in [3.8, 4) is 0 Å². The van der Waals surface area contributed by atoms with Crippen LogP contribution < -0.4 is 16.0 Å². The zero-order chi connectivity index (χ0) is 26.5. The summed E-state index contributed by atoms with van der Waals surface area (Å²) in [5, 5.41) is 12.7. The lowest BCUT2D eigenvalue weighted by atomic mass is 9.82. The highest BCUT2D eigenvalue weighted by Gasteiger charge is 2.31. The van der Waals surface area contributed by atoms with E-state index in [2.05, 4.69) is 53.0 Å². The molecular formula is C30H44Cl2N4O2. The minimum Gasteiger partial charge on any atom is -0.381 e. The first kappa shape index (κ1) is 28.4. The van der Waals surface area contributed by atoms with Gasteiger partial charge in [-0.15, -0.1) is 0 Å². The van der Waals surface area contributed by atoms with Crippen LogP contribution in [0.4, 0.5) is 5.82 Å². The summed E-state index contributed by atoms with van der Waals surface area (Å²) < 4.78 is 11.1. The molecule has 4 atom stereocenters. The van der Waals surface area contributed by atoms with Crippen molar-refractivity contribution in [2.45, 2.75) is 83.0 Å². The minimum atomic E-state index is 0.235. The lowest BCUT2D eigenvalue weighted by Crippen LogP contribution is -2.42. The third kappa shape index (κ3) is 7.13. The van der Waals surface area contributed by atoms with Gasteiger partial charge in [-0.05, 0) is 87.0 Å². The molecule has 4 aliphatic rings. The highest BCUT2D eigenvalue weighted by atomic mass is 35.5. The summed E-state index contributed by atoms with van der Waals surface area (Å²) in [5.74, 6) is 2.16. The average Bonchev–Trinajstić information content (AvgIpc) is 3.41. The largest absolute Gasteiger partial charge is 0.381 e. The Kier molecular flexibility index (Phi) is 10.1. The Morgan fingerprint density at radius 1 is 0.921 bits per heavy atom. The molecule has 0 radical (unpaired) electrons. The molecule has 4 unspecified atom stereocenters. The Labute approximate surface area is 238 Å². The third-order valence-electron chi connectivity index (χ3n) is 9.13. The molecule has 2 aliphatic carbocycles. The van der Waals surface area contributed by atoms with E-state index in [0.717, 1.165) is 87.1 Å². The van der Waals surface area contributed by atoms with Gasteiger partial charge in [0.05, 0.1) is 11.6 Å². The molecule has 0 amide bonds. The van der Waals surface area contributed by atoms with Gasteiger partial charge in [-0.2, -0.15) is 0 Å². The van der Waals surface area contributed by atoms with Crippen molar-refractivity contribution in [3.05, 3.63) is 40.0 Å². The first-order valence-electron chi connectivity index (χ1n) is 14.6. The molecule has 1 saturated carbocycles. The summed E-state index contributed by atoms with van der Waals surface area (Å²) in [6, 6.07) is 3.90. The lowest BCUT2D eigenvalue weighted by molar-refractivity contribution is 0.0652. The van der Waals surface area contributed by atoms with E-state index in [1.54, 1.807) is 6.20 Å². The molecule has 5 rings (SSSR count). The highest BCUT2D eigenvalue weighted by molar-refractivity contribution is 6.36. The lowest BCUT2D eigenvalue weighted by Gasteiger charge is -2.32. The maximum atomic E-state index is 6.93. The van der Waals surface area contributed by atoms with E-state index in [4.69, 9.17) is 32.7 Å². The number of ether oxygens (including phenoxy) is 2. The van der Waals surface area contributed by atoms with Gasteiger partial charge in [0.2, 0.25) is 0 Å². The maximum Gasteiger partial charge on any atom is 0.126 e. The highest BCUT2D eigenvalue weighted by Crippen LogP contribution is 2.41. The van der Waals surface area contributed by atoms with Gasteiger partial charge in [0.15, 0.2) is 0 Å². The Morgan fingerprint density at radius 2 is 1.66 bits per heavy atom. The second-order valence-corrected chi connectivity index (χ2v) is 12.5. The summed E-state index contributed by atoms with van der Waals surface area (Å²) in [5.41, 5.74) is 2.09. The van der Waals surface area contributed by atoms with Crippen LogP contribution >= 0.6 is 23.2 Å². The van der Waals surface area contributed by atoms with E-state index in [9.17, 15) is 0 Å². The number of hydrogen-bond acceptors (Lipinski definition) is 6. The average molecular weight is 564 g/mol. The molecule has 1 aromatic rings. The van der Waals surface area contributed by atoms with Crippen LogP contribution in [0.5, 0.6) is 0 Å². The predicted molar refractivity (Wildman–Crippen MR) is 157 cm³/mol. The quantitative estimate of drug-likeness (QED) is 0.360. The van der Waals surface area contributed by atoms with Crippen LogP contribution in [0.2, 0.25) is 5.02 Å². The van der Waals surface area contributed by atoms with Crippen LogP contribution in [-0.2, 0) is 9.47 Å². The van der Waals surface area contributed by atoms with Gasteiger partial charge < -0.3 is 25.4 Å². The third-order valence-corrected chi connectivity index (χ3v) is 9.76. The number of halogens is 2. The van der Waals surface area contributed by atoms with Crippen LogP contribution in [0.3, 0.4) is 0 Å². The Hall–Kier alpha value is -1.15. The fourth-order valence-electron chi connectivity index (χ4n) is 6.46. The molecule has 0 aromatic carbocycles. The first-order valence-corrected chi connectivity index (χ1v) is 15.4. The zero-order valence-corrected chi connectivity index (χ0v) is 24.4. The minimum absolute atomic E-state index is 0.235. The standard InChI is InChI=1S/C30H44Cl2N4O2/c1-19-20(2)30(26(31)7-8-28(19)33-16-21-9-12-37-13-10-21)25-15-29(34-17-27(25)32)36-23-5-3-22(4-6-23)35-24-11-14-38-18-24/h7-8,15,17,19-24,28,33,35H,3-6,9-14,16,18H2,1-2H3,(H,34,36). The number of nitrogens with zero attached hydrogens (tertiary/aromatic N) is 1. The van der Waals surface area contributed by atoms with Crippen molar-refractivity contribution in [2.75, 3.05) is 38.3 Å². The van der Waals surface area contributed by atoms with Gasteiger partial charge in [0.1, 0.15) is 5.82 Å². The molecule has 3 fully saturated rings. The number of aromatic nitrogens is 1. The van der Waals surface area contributed by atoms with Gasteiger partial charge >= 0.3 is 0 Å². The second-order valence-electron chi connectivity index (χ2n) is 11.7. The van der Waals surface area contributed by atoms with E-state index in [0.29, 0.717) is 35.0 Å². The number of pyridine rings is 1. The topological polar surface area (TPSA) is 67.4 Å². The summed E-state index contributed by atoms with van der Waals surface area (Å²) in [7, 11) is 0. The van der Waals surface area contributed by atoms with Crippen molar-refractivity contribution in [2.24, 2.45) is 17.8 Å². The summed E-state index contributed by atoms with van der Waals surface area (Å²) in [6.45, 7) is 9.09. The number of allylic oxidation sites excluding steroid dienone is 3. The van der Waals surface area contributed by atoms with E-state index in [-0.39, 0.29) is 12.0 Å². The van der Waals surface area contributed by atoms with Crippen LogP contribution in [-0.4, -0.2) is 62.1 Å². The molecular weight excluding hydrogens is 519 g/mol. The van der Waals surface area contributed by atoms with Crippen LogP contribution in [0.15, 0.2) is 29.4 Å². The zero-order valence-electron chi connectivity index (χ0n) is 22.9. The molecule has 38 heavy (non-hydrogen) atoms. The monoisotopic (exact) mass is 562 g/mol. The molecule has 210 valence electrons. The second kappa shape index (κ2) is 13.5. The smallest absolute Gasteiger partial charge is 0.126 e. The van der Waals surface area contributed by atoms with Crippen molar-refractivity contribution < 1.29 is 9.47 Å². The van der Waals surface area contributed by atoms with E-state index >= 15 is 0 Å². The number of anilines is 1. The molecule has 2 aliphatic heterocycles. The number of hydrogen-bond donors (Lipinski definition) is 3. The SMILES string of the molecule is CC1C(c2cc(NC3CCC(NC4CCOC4)CC3)ncc2Cl)=C(Cl)C=CC(NCC2CCOCC2)C1C. The van der Waals surface area contributed by atoms with Gasteiger partial charge in [0, 0.05) is 60.8 Å². The van der Waals surface area contributed by atoms with Gasteiger partial charge in [-0.25, -0.2) is 4.98 Å². The summed E-state index contributed by atoms with van der Waals surface area (Å²) >= 11 is 13.7. The van der Waals surface area contributed by atoms with Crippen molar-refractivity contribution in [3.63, 3.8) is 0 Å². The normalized spacial score (nSPS) is 32.9. The van der Waals surface area contributed by atoms with Gasteiger partial charge in [-0.1, -0.05) is 43.1 Å². The Morgan fingerprint density at radius 3 is 2.39 bits per heavy atom. The predicted octanol–water partition coefficient (Wildman–Crippen LogP) is 6.01. The Bertz CT molecular complexity index is 982. The number of nitrogens with one attached hydrogen (secondary N) is 3. The molecule has 0 spiro atoms. The molecule has 3 N–H and O–H groups in total. The fraction of sp³-hybridized carbons (Fsp3) is 0.700. The Balaban J connectivity index is 1.21. The molecule has 1 aromatic heterocycles. The number of rotatable bonds is 8. The maximum absolute atomic E-state index is 6.93. The van der Waals surface area contributed by atoms with E-state index < -0.39 is 0 Å². The fourth-order valence-corrected chi connectivity index (χ4v) is 7.01. The van der Waals surface area contributed by atoms with Crippen LogP contribution in [0, 0.1) is 17.8 Å². The molecule has 2 saturated heterocycles. The van der Waals surface area contributed by atoms with Crippen LogP contribution in [0.1, 0.15) is 64.4 Å². The molecule has 6 nitrogen and oxygen atoms in total. The van der Waals surface area contributed by atoms with Crippen molar-refractivity contribution in [1.29, 1.82) is 0 Å². The summed E-state index contributed by atoms with van der Waals surface area (Å²) in [4.78, 5) is 4.64. The molecule has 3 heterocycles. The van der Waals surface area contributed by atoms with Crippen molar-refractivity contribution >= 4 is 34.6 Å². The first-order chi connectivity index (χ1) is 18.5. The van der Waals surface area contributed by atoms with Gasteiger partial charge in [-0.3, -0.25) is 0 Å². The van der Waals surface area contributed by atoms with E-state index in [1.165, 1.54) is 12.8 Å². The molecule has 8 heteroatoms. The summed E-state index contributed by atoms with van der Waals surface area (Å²) in [6.07, 6.45) is 14.1. The van der Waals surface area contributed by atoms with Gasteiger partial charge in [0.25, 0.3) is 0 Å². The van der Waals surface area contributed by atoms with E-state index in [1.807, 2.05) is 0 Å². The van der Waals surface area contributed by atoms with Crippen LogP contribution in [0.25, 0.3) is 5.57 Å².